The van der Waals surface area contributed by atoms with Crippen LogP contribution >= 0.6 is 0 Å². The van der Waals surface area contributed by atoms with E-state index >= 15 is 0 Å². The molecule has 0 spiro atoms. The van der Waals surface area contributed by atoms with Crippen LogP contribution in [0.3, 0.4) is 0 Å². The van der Waals surface area contributed by atoms with Gasteiger partial charge in [0, 0.05) is 38.5 Å². The van der Waals surface area contributed by atoms with Crippen LogP contribution in [0.5, 0.6) is 5.88 Å². The SMILES string of the molecule is CCc1nc(NCc2cccnc2)cc(OCCOC)n1. The molecule has 2 heterocycles. The topological polar surface area (TPSA) is 69.2 Å². The number of anilines is 1. The zero-order valence-corrected chi connectivity index (χ0v) is 12.4. The molecular weight excluding hydrogens is 268 g/mol. The lowest BCUT2D eigenvalue weighted by molar-refractivity contribution is 0.143. The van der Waals surface area contributed by atoms with E-state index in [9.17, 15) is 0 Å². The Kier molecular flexibility index (Phi) is 5.90. The largest absolute Gasteiger partial charge is 0.475 e. The number of hydrogen-bond donors (Lipinski definition) is 1. The standard InChI is InChI=1S/C15H20N4O2/c1-3-13-18-14(9-15(19-13)21-8-7-20-2)17-11-12-5-4-6-16-10-12/h4-6,9-10H,3,7-8,11H2,1-2H3,(H,17,18,19). The molecule has 0 aliphatic rings. The summed E-state index contributed by atoms with van der Waals surface area (Å²) in [6, 6.07) is 5.72. The van der Waals surface area contributed by atoms with Gasteiger partial charge >= 0.3 is 0 Å². The Balaban J connectivity index is 2.02. The molecule has 0 amide bonds. The van der Waals surface area contributed by atoms with E-state index in [1.165, 1.54) is 0 Å². The first-order chi connectivity index (χ1) is 10.3. The summed E-state index contributed by atoms with van der Waals surface area (Å²) in [5, 5.41) is 3.26. The summed E-state index contributed by atoms with van der Waals surface area (Å²) in [4.78, 5) is 12.9. The van der Waals surface area contributed by atoms with Crippen molar-refractivity contribution in [2.24, 2.45) is 0 Å². The molecule has 0 fully saturated rings. The predicted molar refractivity (Wildman–Crippen MR) is 80.3 cm³/mol. The molecule has 0 saturated carbocycles. The Labute approximate surface area is 124 Å². The van der Waals surface area contributed by atoms with Gasteiger partial charge in [0.05, 0.1) is 6.61 Å². The summed E-state index contributed by atoms with van der Waals surface area (Å²) in [5.41, 5.74) is 1.09. The summed E-state index contributed by atoms with van der Waals surface area (Å²) >= 11 is 0. The molecule has 0 radical (unpaired) electrons. The molecule has 0 aliphatic carbocycles. The van der Waals surface area contributed by atoms with E-state index in [1.807, 2.05) is 25.3 Å². The monoisotopic (exact) mass is 288 g/mol. The average Bonchev–Trinajstić information content (AvgIpc) is 2.54. The van der Waals surface area contributed by atoms with Crippen LogP contribution in [0.15, 0.2) is 30.6 Å². The highest BCUT2D eigenvalue weighted by Gasteiger charge is 2.05. The lowest BCUT2D eigenvalue weighted by Gasteiger charge is -2.10. The first-order valence-electron chi connectivity index (χ1n) is 6.94. The fourth-order valence-corrected chi connectivity index (χ4v) is 1.72. The molecule has 0 bridgehead atoms. The van der Waals surface area contributed by atoms with Crippen LogP contribution in [0, 0.1) is 0 Å². The maximum Gasteiger partial charge on any atom is 0.218 e. The van der Waals surface area contributed by atoms with Crippen molar-refractivity contribution in [3.63, 3.8) is 0 Å². The number of nitrogens with one attached hydrogen (secondary N) is 1. The van der Waals surface area contributed by atoms with Crippen molar-refractivity contribution in [2.45, 2.75) is 19.9 Å². The number of aryl methyl sites for hydroxylation is 1. The Bertz CT molecular complexity index is 549. The molecule has 0 aromatic carbocycles. The smallest absolute Gasteiger partial charge is 0.218 e. The van der Waals surface area contributed by atoms with Crippen LogP contribution in [0.25, 0.3) is 0 Å². The number of aromatic nitrogens is 3. The number of nitrogens with zero attached hydrogens (tertiary/aromatic N) is 3. The molecule has 2 rings (SSSR count). The van der Waals surface area contributed by atoms with Crippen LogP contribution in [0.1, 0.15) is 18.3 Å². The van der Waals surface area contributed by atoms with E-state index in [1.54, 1.807) is 19.4 Å². The van der Waals surface area contributed by atoms with E-state index in [0.717, 1.165) is 23.6 Å². The highest BCUT2D eigenvalue weighted by molar-refractivity contribution is 5.39. The molecule has 1 N–H and O–H groups in total. The van der Waals surface area contributed by atoms with E-state index in [0.29, 0.717) is 25.6 Å². The molecule has 21 heavy (non-hydrogen) atoms. The van der Waals surface area contributed by atoms with Gasteiger partial charge in [-0.3, -0.25) is 4.98 Å². The van der Waals surface area contributed by atoms with Gasteiger partial charge < -0.3 is 14.8 Å². The van der Waals surface area contributed by atoms with Gasteiger partial charge in [0.25, 0.3) is 0 Å². The van der Waals surface area contributed by atoms with Crippen LogP contribution in [0.4, 0.5) is 5.82 Å². The fraction of sp³-hybridized carbons (Fsp3) is 0.400. The molecule has 0 saturated heterocycles. The van der Waals surface area contributed by atoms with Gasteiger partial charge in [0.15, 0.2) is 0 Å². The van der Waals surface area contributed by atoms with E-state index in [4.69, 9.17) is 9.47 Å². The van der Waals surface area contributed by atoms with Crippen molar-refractivity contribution in [1.29, 1.82) is 0 Å². The van der Waals surface area contributed by atoms with Gasteiger partial charge in [-0.2, -0.15) is 4.98 Å². The summed E-state index contributed by atoms with van der Waals surface area (Å²) in [6.07, 6.45) is 4.33. The molecule has 2 aromatic heterocycles. The minimum absolute atomic E-state index is 0.471. The Hall–Kier alpha value is -2.21. The van der Waals surface area contributed by atoms with Crippen LogP contribution in [-0.2, 0) is 17.7 Å². The second kappa shape index (κ2) is 8.16. The summed E-state index contributed by atoms with van der Waals surface area (Å²) in [5.74, 6) is 2.06. The Morgan fingerprint density at radius 1 is 1.24 bits per heavy atom. The molecule has 0 unspecified atom stereocenters. The van der Waals surface area contributed by atoms with Gasteiger partial charge in [-0.15, -0.1) is 0 Å². The Morgan fingerprint density at radius 3 is 2.86 bits per heavy atom. The summed E-state index contributed by atoms with van der Waals surface area (Å²) in [7, 11) is 1.64. The minimum Gasteiger partial charge on any atom is -0.475 e. The van der Waals surface area contributed by atoms with Gasteiger partial charge in [0.1, 0.15) is 18.2 Å². The van der Waals surface area contributed by atoms with Crippen LogP contribution in [0.2, 0.25) is 0 Å². The van der Waals surface area contributed by atoms with Crippen molar-refractivity contribution >= 4 is 5.82 Å². The number of hydrogen-bond acceptors (Lipinski definition) is 6. The molecule has 112 valence electrons. The van der Waals surface area contributed by atoms with E-state index in [2.05, 4.69) is 20.3 Å². The third kappa shape index (κ3) is 5.00. The number of pyridine rings is 1. The van der Waals surface area contributed by atoms with Crippen LogP contribution in [-0.4, -0.2) is 35.3 Å². The number of rotatable bonds is 8. The van der Waals surface area contributed by atoms with Gasteiger partial charge in [-0.25, -0.2) is 4.98 Å². The van der Waals surface area contributed by atoms with Gasteiger partial charge in [0.2, 0.25) is 5.88 Å². The highest BCUT2D eigenvalue weighted by Crippen LogP contribution is 2.15. The minimum atomic E-state index is 0.471. The maximum atomic E-state index is 5.55. The predicted octanol–water partition coefficient (Wildman–Crippen LogP) is 2.07. The number of methoxy groups -OCH3 is 1. The average molecular weight is 288 g/mol. The second-order valence-corrected chi connectivity index (χ2v) is 4.42. The lowest BCUT2D eigenvalue weighted by Crippen LogP contribution is -2.09. The molecule has 6 nitrogen and oxygen atoms in total. The van der Waals surface area contributed by atoms with Crippen LogP contribution < -0.4 is 10.1 Å². The molecule has 6 heteroatoms. The highest BCUT2D eigenvalue weighted by atomic mass is 16.5. The first kappa shape index (κ1) is 15.2. The maximum absolute atomic E-state index is 5.55. The normalized spacial score (nSPS) is 10.4. The van der Waals surface area contributed by atoms with E-state index in [-0.39, 0.29) is 0 Å². The summed E-state index contributed by atoms with van der Waals surface area (Å²) < 4.78 is 10.5. The van der Waals surface area contributed by atoms with Crippen molar-refractivity contribution < 1.29 is 9.47 Å². The molecular formula is C15H20N4O2. The Morgan fingerprint density at radius 2 is 2.14 bits per heavy atom. The van der Waals surface area contributed by atoms with Gasteiger partial charge in [-0.05, 0) is 11.6 Å². The third-order valence-electron chi connectivity index (χ3n) is 2.80. The zero-order valence-electron chi connectivity index (χ0n) is 12.4. The van der Waals surface area contributed by atoms with Crippen molar-refractivity contribution in [2.75, 3.05) is 25.6 Å². The van der Waals surface area contributed by atoms with Crippen molar-refractivity contribution in [3.8, 4) is 5.88 Å². The quantitative estimate of drug-likeness (QED) is 0.750. The van der Waals surface area contributed by atoms with Crippen molar-refractivity contribution in [3.05, 3.63) is 42.0 Å². The van der Waals surface area contributed by atoms with E-state index < -0.39 is 0 Å². The van der Waals surface area contributed by atoms with Crippen molar-refractivity contribution in [1.82, 2.24) is 15.0 Å². The third-order valence-corrected chi connectivity index (χ3v) is 2.80. The zero-order chi connectivity index (χ0) is 14.9. The first-order valence-corrected chi connectivity index (χ1v) is 6.94. The van der Waals surface area contributed by atoms with Gasteiger partial charge in [-0.1, -0.05) is 13.0 Å². The second-order valence-electron chi connectivity index (χ2n) is 4.42. The number of ether oxygens (including phenoxy) is 2. The fourth-order valence-electron chi connectivity index (χ4n) is 1.72. The molecule has 0 aliphatic heterocycles. The molecule has 0 atom stereocenters. The lowest BCUT2D eigenvalue weighted by atomic mass is 10.3. The molecule has 2 aromatic rings. The summed E-state index contributed by atoms with van der Waals surface area (Å²) in [6.45, 7) is 3.67.